The minimum atomic E-state index is -1.36. The molecule has 59 heavy (non-hydrogen) atoms. The third-order valence-corrected chi connectivity index (χ3v) is 10.9. The van der Waals surface area contributed by atoms with Gasteiger partial charge in [0, 0.05) is 76.0 Å². The Bertz CT molecular complexity index is 2430. The van der Waals surface area contributed by atoms with Crippen LogP contribution in [0.5, 0.6) is 5.88 Å². The highest BCUT2D eigenvalue weighted by Gasteiger charge is 2.36. The van der Waals surface area contributed by atoms with Gasteiger partial charge in [-0.05, 0) is 43.7 Å². The van der Waals surface area contributed by atoms with Crippen molar-refractivity contribution in [3.8, 4) is 5.88 Å². The molecule has 8 heterocycles. The van der Waals surface area contributed by atoms with Gasteiger partial charge < -0.3 is 39.8 Å². The van der Waals surface area contributed by atoms with Crippen LogP contribution in [0.1, 0.15) is 43.7 Å². The van der Waals surface area contributed by atoms with E-state index in [9.17, 15) is 4.79 Å². The zero-order chi connectivity index (χ0) is 41.0. The summed E-state index contributed by atoms with van der Waals surface area (Å²) in [5, 5.41) is 18.6. The number of anilines is 5. The fraction of sp³-hybridized carbons (Fsp3) is 0.450. The summed E-state index contributed by atoms with van der Waals surface area (Å²) in [6.45, 7) is 8.17. The maximum atomic E-state index is 15.5. The Hall–Kier alpha value is -6.37. The molecule has 6 aromatic heterocycles. The number of nitrogens with one attached hydrogen (secondary N) is 3. The summed E-state index contributed by atoms with van der Waals surface area (Å²) in [5.74, 6) is 2.41. The zero-order valence-electron chi connectivity index (χ0n) is 33.8. The molecular formula is C40H50FN15O3. The quantitative estimate of drug-likeness (QED) is 0.0938. The minimum Gasteiger partial charge on any atom is -0.478 e. The molecule has 0 bridgehead atoms. The lowest BCUT2D eigenvalue weighted by molar-refractivity contribution is -0.119. The van der Waals surface area contributed by atoms with Crippen molar-refractivity contribution in [2.24, 2.45) is 14.1 Å². The number of hydrogen-bond donors (Lipinski definition) is 3. The maximum absolute atomic E-state index is 15.5. The van der Waals surface area contributed by atoms with Crippen LogP contribution in [0.25, 0.3) is 16.8 Å². The number of methoxy groups -OCH3 is 1. The van der Waals surface area contributed by atoms with Gasteiger partial charge in [0.1, 0.15) is 23.5 Å². The van der Waals surface area contributed by atoms with Crippen LogP contribution in [0.15, 0.2) is 61.5 Å². The van der Waals surface area contributed by atoms with Crippen molar-refractivity contribution in [3.05, 3.63) is 72.6 Å². The van der Waals surface area contributed by atoms with Crippen LogP contribution < -0.4 is 30.5 Å². The number of amides is 1. The standard InChI is InChI=1S/C40H50FN15O3/c1-6-27-19-45-56-32(43-18-26-10-9-13-42-17-26)16-33(48-36(27)56)55-14-8-7-11-28(55)12-15-59-23-25(2)38(57)47-30-22-54(20-29(30)41)40-49-35(34-37(50-40)52(3)24-44-34)46-31-21-53(4)51-39(31)58-5/h9-10,13,16-17,19,21,24,28-30,43H,2,6-8,11-12,14-15,18,20,22-23H2,1,3-5H3,(H,47,57)(H,46,49,50)/t28-,29+,30+/m0/s1. The molecule has 0 radical (unpaired) electrons. The summed E-state index contributed by atoms with van der Waals surface area (Å²) in [5.41, 5.74) is 4.90. The second-order valence-electron chi connectivity index (χ2n) is 15.0. The van der Waals surface area contributed by atoms with Crippen LogP contribution >= 0.6 is 0 Å². The van der Waals surface area contributed by atoms with Crippen LogP contribution in [0.3, 0.4) is 0 Å². The SMILES string of the molecule is C=C(COCC[C@@H]1CCCCN1c1cc(NCc2cccnc2)n2ncc(CC)c2n1)C(=O)N[C@@H]1CN(c2nc(Nc3cn(C)nc3OC)c3ncn(C)c3n2)C[C@H]1F. The molecular weight excluding hydrogens is 758 g/mol. The van der Waals surface area contributed by atoms with Crippen molar-refractivity contribution in [2.75, 3.05) is 60.4 Å². The van der Waals surface area contributed by atoms with E-state index in [1.165, 1.54) is 7.11 Å². The van der Waals surface area contributed by atoms with Crippen molar-refractivity contribution >= 4 is 51.8 Å². The number of nitrogens with zero attached hydrogens (tertiary/aromatic N) is 12. The van der Waals surface area contributed by atoms with Crippen LogP contribution in [0.2, 0.25) is 0 Å². The predicted octanol–water partition coefficient (Wildman–Crippen LogP) is 4.13. The second-order valence-corrected chi connectivity index (χ2v) is 15.0. The number of fused-ring (bicyclic) bond motifs is 2. The summed E-state index contributed by atoms with van der Waals surface area (Å²) >= 11 is 0. The molecule has 2 aliphatic rings. The van der Waals surface area contributed by atoms with Gasteiger partial charge in [-0.25, -0.2) is 14.4 Å². The summed E-state index contributed by atoms with van der Waals surface area (Å²) < 4.78 is 32.2. The number of aromatic nitrogens is 10. The zero-order valence-corrected chi connectivity index (χ0v) is 33.8. The third-order valence-electron chi connectivity index (χ3n) is 10.9. The molecule has 0 spiro atoms. The molecule has 0 aromatic carbocycles. The van der Waals surface area contributed by atoms with Gasteiger partial charge in [-0.1, -0.05) is 19.6 Å². The van der Waals surface area contributed by atoms with Gasteiger partial charge in [-0.2, -0.15) is 19.6 Å². The largest absolute Gasteiger partial charge is 0.478 e. The van der Waals surface area contributed by atoms with E-state index >= 15 is 4.39 Å². The maximum Gasteiger partial charge on any atom is 0.256 e. The first-order valence-electron chi connectivity index (χ1n) is 19.9. The number of aryl methyl sites for hydroxylation is 3. The lowest BCUT2D eigenvalue weighted by atomic mass is 9.99. The Labute approximate surface area is 340 Å². The summed E-state index contributed by atoms with van der Waals surface area (Å²) in [7, 11) is 5.14. The molecule has 3 atom stereocenters. The highest BCUT2D eigenvalue weighted by Crippen LogP contribution is 2.32. The predicted molar refractivity (Wildman–Crippen MR) is 222 cm³/mol. The van der Waals surface area contributed by atoms with E-state index in [0.717, 1.165) is 67.1 Å². The van der Waals surface area contributed by atoms with E-state index < -0.39 is 18.1 Å². The fourth-order valence-corrected chi connectivity index (χ4v) is 7.69. The molecule has 19 heteroatoms. The van der Waals surface area contributed by atoms with Gasteiger partial charge in [0.2, 0.25) is 11.9 Å². The molecule has 1 amide bonds. The highest BCUT2D eigenvalue weighted by molar-refractivity contribution is 5.93. The fourth-order valence-electron chi connectivity index (χ4n) is 7.69. The molecule has 6 aromatic rings. The van der Waals surface area contributed by atoms with Gasteiger partial charge in [-0.15, -0.1) is 5.10 Å². The first-order chi connectivity index (χ1) is 28.7. The first kappa shape index (κ1) is 39.5. The molecule has 2 fully saturated rings. The van der Waals surface area contributed by atoms with Crippen molar-refractivity contribution in [1.82, 2.24) is 54.2 Å². The van der Waals surface area contributed by atoms with Crippen LogP contribution in [0.4, 0.5) is 33.5 Å². The van der Waals surface area contributed by atoms with E-state index in [-0.39, 0.29) is 31.3 Å². The van der Waals surface area contributed by atoms with E-state index in [1.54, 1.807) is 39.9 Å². The van der Waals surface area contributed by atoms with Gasteiger partial charge in [0.05, 0.1) is 45.0 Å². The van der Waals surface area contributed by atoms with Gasteiger partial charge in [0.15, 0.2) is 22.6 Å². The number of ether oxygens (including phenoxy) is 2. The Morgan fingerprint density at radius 3 is 2.81 bits per heavy atom. The number of pyridine rings is 1. The minimum absolute atomic E-state index is 0.00450. The van der Waals surface area contributed by atoms with Crippen LogP contribution in [-0.4, -0.2) is 113 Å². The van der Waals surface area contributed by atoms with Crippen LogP contribution in [0, 0.1) is 0 Å². The Balaban J connectivity index is 0.868. The number of rotatable bonds is 16. The molecule has 2 aliphatic heterocycles. The normalized spacial score (nSPS) is 18.2. The molecule has 8 rings (SSSR count). The van der Waals surface area contributed by atoms with Gasteiger partial charge in [0.25, 0.3) is 5.88 Å². The number of piperidine rings is 1. The number of carbonyl (C=O) groups is 1. The average molecular weight is 808 g/mol. The topological polar surface area (TPSA) is 183 Å². The lowest BCUT2D eigenvalue weighted by Crippen LogP contribution is -2.42. The number of halogens is 1. The van der Waals surface area contributed by atoms with E-state index in [0.29, 0.717) is 47.6 Å². The summed E-state index contributed by atoms with van der Waals surface area (Å²) in [6, 6.07) is 5.44. The van der Waals surface area contributed by atoms with E-state index in [2.05, 4.69) is 60.6 Å². The summed E-state index contributed by atoms with van der Waals surface area (Å²) in [4.78, 5) is 40.6. The van der Waals surface area contributed by atoms with Crippen molar-refractivity contribution in [1.29, 1.82) is 0 Å². The Kier molecular flexibility index (Phi) is 11.5. The van der Waals surface area contributed by atoms with E-state index in [1.807, 2.05) is 36.1 Å². The number of imidazole rings is 1. The van der Waals surface area contributed by atoms with E-state index in [4.69, 9.17) is 24.4 Å². The molecule has 3 N–H and O–H groups in total. The highest BCUT2D eigenvalue weighted by atomic mass is 19.1. The number of hydrogen-bond acceptors (Lipinski definition) is 14. The van der Waals surface area contributed by atoms with Crippen LogP contribution in [-0.2, 0) is 36.6 Å². The second kappa shape index (κ2) is 17.2. The number of alkyl halides is 1. The molecule has 0 saturated carbocycles. The Morgan fingerprint density at radius 2 is 2.00 bits per heavy atom. The molecule has 18 nitrogen and oxygen atoms in total. The van der Waals surface area contributed by atoms with Gasteiger partial charge in [-0.3, -0.25) is 14.5 Å². The van der Waals surface area contributed by atoms with Gasteiger partial charge >= 0.3 is 0 Å². The number of carbonyl (C=O) groups excluding carboxylic acids is 1. The van der Waals surface area contributed by atoms with Crippen molar-refractivity contribution in [3.63, 3.8) is 0 Å². The Morgan fingerprint density at radius 1 is 1.12 bits per heavy atom. The van der Waals surface area contributed by atoms with Crippen molar-refractivity contribution < 1.29 is 18.7 Å². The first-order valence-corrected chi connectivity index (χ1v) is 19.9. The molecule has 310 valence electrons. The average Bonchev–Trinajstić information content (AvgIpc) is 4.04. The summed E-state index contributed by atoms with van der Waals surface area (Å²) in [6.07, 6.45) is 12.3. The molecule has 2 saturated heterocycles. The molecule has 0 unspecified atom stereocenters. The smallest absolute Gasteiger partial charge is 0.256 e. The lowest BCUT2D eigenvalue weighted by Gasteiger charge is -2.37. The van der Waals surface area contributed by atoms with Crippen molar-refractivity contribution in [2.45, 2.75) is 63.8 Å². The molecule has 0 aliphatic carbocycles. The monoisotopic (exact) mass is 807 g/mol. The third kappa shape index (κ3) is 8.46.